The van der Waals surface area contributed by atoms with Crippen molar-refractivity contribution in [2.45, 2.75) is 24.2 Å². The molecular formula is C22H29N3O5S. The third kappa shape index (κ3) is 4.94. The van der Waals surface area contributed by atoms with Gasteiger partial charge in [-0.1, -0.05) is 0 Å². The summed E-state index contributed by atoms with van der Waals surface area (Å²) in [5.74, 6) is 0.651. The molecule has 1 aliphatic heterocycles. The van der Waals surface area contributed by atoms with Crippen molar-refractivity contribution in [3.8, 4) is 11.5 Å². The topological polar surface area (TPSA) is 88.2 Å². The fraction of sp³-hybridized carbons (Fsp3) is 0.409. The first-order valence-electron chi connectivity index (χ1n) is 10.1. The van der Waals surface area contributed by atoms with Crippen LogP contribution in [0.2, 0.25) is 0 Å². The van der Waals surface area contributed by atoms with Crippen molar-refractivity contribution in [1.82, 2.24) is 4.31 Å². The van der Waals surface area contributed by atoms with E-state index in [1.807, 2.05) is 0 Å². The van der Waals surface area contributed by atoms with Crippen LogP contribution in [0.3, 0.4) is 0 Å². The fourth-order valence-electron chi connectivity index (χ4n) is 3.59. The molecule has 9 heteroatoms. The number of methoxy groups -OCH3 is 2. The van der Waals surface area contributed by atoms with Crippen molar-refractivity contribution in [3.05, 3.63) is 42.0 Å². The Morgan fingerprint density at radius 2 is 1.65 bits per heavy atom. The summed E-state index contributed by atoms with van der Waals surface area (Å²) in [6.45, 7) is 1.66. The zero-order chi connectivity index (χ0) is 22.6. The van der Waals surface area contributed by atoms with Crippen LogP contribution in [0.15, 0.2) is 41.3 Å². The van der Waals surface area contributed by atoms with Crippen LogP contribution in [-0.4, -0.2) is 60.0 Å². The largest absolute Gasteiger partial charge is 0.493 e. The minimum absolute atomic E-state index is 0.0794. The van der Waals surface area contributed by atoms with Gasteiger partial charge >= 0.3 is 0 Å². The molecule has 1 saturated heterocycles. The number of carbonyl (C=O) groups is 1. The highest BCUT2D eigenvalue weighted by atomic mass is 32.2. The van der Waals surface area contributed by atoms with Crippen LogP contribution in [0.4, 0.5) is 11.4 Å². The molecule has 2 aromatic rings. The molecule has 0 unspecified atom stereocenters. The van der Waals surface area contributed by atoms with Gasteiger partial charge in [0.1, 0.15) is 0 Å². The predicted molar refractivity (Wildman–Crippen MR) is 121 cm³/mol. The van der Waals surface area contributed by atoms with E-state index >= 15 is 0 Å². The van der Waals surface area contributed by atoms with Crippen LogP contribution >= 0.6 is 0 Å². The number of hydrogen-bond acceptors (Lipinski definition) is 6. The normalized spacial score (nSPS) is 14.4. The van der Waals surface area contributed by atoms with Crippen molar-refractivity contribution in [2.75, 3.05) is 51.6 Å². The molecule has 0 aromatic heterocycles. The molecule has 1 N–H and O–H groups in total. The number of anilines is 2. The average molecular weight is 448 g/mol. The van der Waals surface area contributed by atoms with E-state index in [0.717, 1.165) is 42.3 Å². The lowest BCUT2D eigenvalue weighted by atomic mass is 10.1. The van der Waals surface area contributed by atoms with E-state index in [9.17, 15) is 13.2 Å². The highest BCUT2D eigenvalue weighted by Gasteiger charge is 2.24. The van der Waals surface area contributed by atoms with Gasteiger partial charge in [-0.2, -0.15) is 0 Å². The van der Waals surface area contributed by atoms with Crippen molar-refractivity contribution in [1.29, 1.82) is 0 Å². The minimum Gasteiger partial charge on any atom is -0.493 e. The van der Waals surface area contributed by atoms with Gasteiger partial charge in [0.15, 0.2) is 11.5 Å². The van der Waals surface area contributed by atoms with Crippen LogP contribution in [-0.2, 0) is 10.0 Å². The van der Waals surface area contributed by atoms with E-state index < -0.39 is 10.0 Å². The Morgan fingerprint density at radius 3 is 2.26 bits per heavy atom. The predicted octanol–water partition coefficient (Wildman–Crippen LogP) is 3.20. The first-order valence-corrected chi connectivity index (χ1v) is 11.6. The maximum absolute atomic E-state index is 13.3. The van der Waals surface area contributed by atoms with Gasteiger partial charge in [0.2, 0.25) is 10.0 Å². The minimum atomic E-state index is -3.67. The van der Waals surface area contributed by atoms with E-state index in [1.165, 1.54) is 34.4 Å². The van der Waals surface area contributed by atoms with Crippen molar-refractivity contribution >= 4 is 27.3 Å². The van der Waals surface area contributed by atoms with E-state index in [2.05, 4.69) is 10.2 Å². The lowest BCUT2D eigenvalue weighted by Crippen LogP contribution is -2.32. The molecule has 1 aliphatic rings. The Labute approximate surface area is 183 Å². The molecule has 8 nitrogen and oxygen atoms in total. The molecule has 3 rings (SSSR count). The van der Waals surface area contributed by atoms with Gasteiger partial charge in [-0.25, -0.2) is 12.7 Å². The highest BCUT2D eigenvalue weighted by Crippen LogP contribution is 2.32. The third-order valence-electron chi connectivity index (χ3n) is 5.33. The van der Waals surface area contributed by atoms with Gasteiger partial charge < -0.3 is 19.7 Å². The summed E-state index contributed by atoms with van der Waals surface area (Å²) in [6.07, 6.45) is 3.22. The first-order chi connectivity index (χ1) is 14.8. The summed E-state index contributed by atoms with van der Waals surface area (Å²) in [4.78, 5) is 15.5. The summed E-state index contributed by atoms with van der Waals surface area (Å²) in [7, 11) is 2.33. The SMILES string of the molecule is COc1ccc(NC(=O)c2cc(S(=O)(=O)N(C)C)ccc2N2CCCCC2)cc1OC. The Balaban J connectivity index is 2.00. The molecule has 31 heavy (non-hydrogen) atoms. The number of ether oxygens (including phenoxy) is 2. The zero-order valence-electron chi connectivity index (χ0n) is 18.3. The third-order valence-corrected chi connectivity index (χ3v) is 7.14. The van der Waals surface area contributed by atoms with Gasteiger partial charge in [-0.15, -0.1) is 0 Å². The lowest BCUT2D eigenvalue weighted by molar-refractivity contribution is 0.102. The summed E-state index contributed by atoms with van der Waals surface area (Å²) < 4.78 is 37.0. The van der Waals surface area contributed by atoms with Crippen molar-refractivity contribution < 1.29 is 22.7 Å². The Hall–Kier alpha value is -2.78. The molecule has 1 amide bonds. The maximum Gasteiger partial charge on any atom is 0.257 e. The number of amides is 1. The van der Waals surface area contributed by atoms with E-state index in [1.54, 1.807) is 30.3 Å². The Kier molecular flexibility index (Phi) is 7.07. The van der Waals surface area contributed by atoms with Gasteiger partial charge in [0.05, 0.1) is 24.7 Å². The lowest BCUT2D eigenvalue weighted by Gasteiger charge is -2.30. The number of nitrogens with one attached hydrogen (secondary N) is 1. The smallest absolute Gasteiger partial charge is 0.257 e. The fourth-order valence-corrected chi connectivity index (χ4v) is 4.52. The average Bonchev–Trinajstić information content (AvgIpc) is 2.78. The molecule has 2 aromatic carbocycles. The van der Waals surface area contributed by atoms with Gasteiger partial charge in [-0.3, -0.25) is 4.79 Å². The molecule has 0 atom stereocenters. The number of carbonyl (C=O) groups excluding carboxylic acids is 1. The number of rotatable bonds is 7. The monoisotopic (exact) mass is 447 g/mol. The standard InChI is InChI=1S/C22H29N3O5S/c1-24(2)31(27,28)17-9-10-19(25-12-6-5-7-13-25)18(15-17)22(26)23-16-8-11-20(29-3)21(14-16)30-4/h8-11,14-15H,5-7,12-13H2,1-4H3,(H,23,26). The van der Waals surface area contributed by atoms with Crippen LogP contribution < -0.4 is 19.7 Å². The van der Waals surface area contributed by atoms with E-state index in [0.29, 0.717) is 22.7 Å². The highest BCUT2D eigenvalue weighted by molar-refractivity contribution is 7.89. The molecule has 0 saturated carbocycles. The van der Waals surface area contributed by atoms with Crippen molar-refractivity contribution in [2.24, 2.45) is 0 Å². The number of nitrogens with zero attached hydrogens (tertiary/aromatic N) is 2. The molecular weight excluding hydrogens is 418 g/mol. The summed E-state index contributed by atoms with van der Waals surface area (Å²) in [5.41, 5.74) is 1.57. The second-order valence-corrected chi connectivity index (χ2v) is 9.69. The van der Waals surface area contributed by atoms with Crippen LogP contribution in [0.25, 0.3) is 0 Å². The summed E-state index contributed by atoms with van der Waals surface area (Å²) in [6, 6.07) is 9.82. The van der Waals surface area contributed by atoms with Gasteiger partial charge in [0, 0.05) is 44.6 Å². The van der Waals surface area contributed by atoms with Crippen LogP contribution in [0.1, 0.15) is 29.6 Å². The zero-order valence-corrected chi connectivity index (χ0v) is 19.2. The second-order valence-electron chi connectivity index (χ2n) is 7.54. The molecule has 0 bridgehead atoms. The van der Waals surface area contributed by atoms with Gasteiger partial charge in [0.25, 0.3) is 5.91 Å². The molecule has 1 fully saturated rings. The number of piperidine rings is 1. The number of hydrogen-bond donors (Lipinski definition) is 1. The van der Waals surface area contributed by atoms with E-state index in [-0.39, 0.29) is 10.8 Å². The van der Waals surface area contributed by atoms with Crippen molar-refractivity contribution in [3.63, 3.8) is 0 Å². The second kappa shape index (κ2) is 9.57. The Morgan fingerprint density at radius 1 is 0.968 bits per heavy atom. The number of benzene rings is 2. The molecule has 0 radical (unpaired) electrons. The molecule has 1 heterocycles. The Bertz CT molecular complexity index is 1050. The van der Waals surface area contributed by atoms with E-state index in [4.69, 9.17) is 9.47 Å². The molecule has 168 valence electrons. The maximum atomic E-state index is 13.3. The quantitative estimate of drug-likeness (QED) is 0.701. The molecule has 0 aliphatic carbocycles. The number of sulfonamides is 1. The molecule has 0 spiro atoms. The first kappa shape index (κ1) is 22.9. The van der Waals surface area contributed by atoms with Gasteiger partial charge in [-0.05, 0) is 49.6 Å². The summed E-state index contributed by atoms with van der Waals surface area (Å²) >= 11 is 0. The van der Waals surface area contributed by atoms with Crippen LogP contribution in [0, 0.1) is 0 Å². The van der Waals surface area contributed by atoms with Crippen LogP contribution in [0.5, 0.6) is 11.5 Å². The summed E-state index contributed by atoms with van der Waals surface area (Å²) in [5, 5.41) is 2.86.